The van der Waals surface area contributed by atoms with Crippen LogP contribution in [0.2, 0.25) is 0 Å². The number of imide groups is 1. The third-order valence-corrected chi connectivity index (χ3v) is 6.83. The normalized spacial score (nSPS) is 18.2. The number of ether oxygens (including phenoxy) is 1. The van der Waals surface area contributed by atoms with Crippen LogP contribution in [0.25, 0.3) is 0 Å². The van der Waals surface area contributed by atoms with Crippen molar-refractivity contribution in [3.63, 3.8) is 0 Å². The van der Waals surface area contributed by atoms with Crippen LogP contribution in [-0.4, -0.2) is 28.3 Å². The van der Waals surface area contributed by atoms with Crippen molar-refractivity contribution in [1.29, 1.82) is 5.26 Å². The van der Waals surface area contributed by atoms with Gasteiger partial charge in [-0.25, -0.2) is 14.5 Å². The fourth-order valence-electron chi connectivity index (χ4n) is 4.70. The van der Waals surface area contributed by atoms with Crippen LogP contribution in [0.3, 0.4) is 0 Å². The minimum absolute atomic E-state index is 0.0675. The summed E-state index contributed by atoms with van der Waals surface area (Å²) in [4.78, 5) is 41.0. The Hall–Kier alpha value is -4.85. The van der Waals surface area contributed by atoms with Gasteiger partial charge in [-0.3, -0.25) is 4.79 Å². The Morgan fingerprint density at radius 3 is 2.44 bits per heavy atom. The van der Waals surface area contributed by atoms with Crippen LogP contribution in [0.5, 0.6) is 0 Å². The first-order chi connectivity index (χ1) is 18.4. The van der Waals surface area contributed by atoms with Crippen molar-refractivity contribution in [3.05, 3.63) is 94.5 Å². The number of hydrogen-bond acceptors (Lipinski definition) is 6. The Bertz CT molecular complexity index is 1560. The number of nitrogens with one attached hydrogen (secondary N) is 1. The third-order valence-electron chi connectivity index (χ3n) is 6.83. The molecule has 0 aromatic heterocycles. The largest absolute Gasteiger partial charge is 0.434 e. The van der Waals surface area contributed by atoms with E-state index in [0.717, 1.165) is 12.1 Å². The number of alkyl halides is 3. The van der Waals surface area contributed by atoms with Crippen LogP contribution in [-0.2, 0) is 22.3 Å². The Morgan fingerprint density at radius 1 is 1.03 bits per heavy atom. The maximum absolute atomic E-state index is 13.6. The molecule has 0 bridgehead atoms. The molecule has 0 aliphatic carbocycles. The van der Waals surface area contributed by atoms with E-state index in [-0.39, 0.29) is 12.2 Å². The second-order valence-electron chi connectivity index (χ2n) is 9.58. The van der Waals surface area contributed by atoms with Crippen molar-refractivity contribution in [2.45, 2.75) is 38.3 Å². The van der Waals surface area contributed by atoms with E-state index in [1.165, 1.54) is 24.8 Å². The summed E-state index contributed by atoms with van der Waals surface area (Å²) in [5, 5.41) is 12.3. The second kappa shape index (κ2) is 9.16. The van der Waals surface area contributed by atoms with Crippen molar-refractivity contribution >= 4 is 29.3 Å². The number of benzene rings is 3. The number of cyclic esters (lactones) is 1. The number of carbonyl (C=O) groups excluding carboxylic acids is 3. The molecule has 1 unspecified atom stereocenters. The summed E-state index contributed by atoms with van der Waals surface area (Å²) in [6.07, 6.45) is -5.62. The van der Waals surface area contributed by atoms with E-state index < -0.39 is 47.0 Å². The minimum Gasteiger partial charge on any atom is -0.434 e. The molecule has 3 aromatic rings. The molecular formula is C28H21F3N4O4. The number of carbonyl (C=O) groups is 3. The number of nitriles is 1. The zero-order valence-electron chi connectivity index (χ0n) is 20.7. The van der Waals surface area contributed by atoms with Crippen molar-refractivity contribution in [2.24, 2.45) is 0 Å². The van der Waals surface area contributed by atoms with E-state index in [1.54, 1.807) is 48.5 Å². The Labute approximate surface area is 221 Å². The van der Waals surface area contributed by atoms with E-state index in [9.17, 15) is 27.6 Å². The van der Waals surface area contributed by atoms with E-state index in [1.807, 2.05) is 0 Å². The first-order valence-corrected chi connectivity index (χ1v) is 11.9. The predicted molar refractivity (Wildman–Crippen MR) is 133 cm³/mol. The molecule has 2 aliphatic heterocycles. The van der Waals surface area contributed by atoms with Gasteiger partial charge in [0, 0.05) is 11.3 Å². The molecule has 8 nitrogen and oxygen atoms in total. The van der Waals surface area contributed by atoms with Gasteiger partial charge in [0.25, 0.3) is 5.91 Å². The van der Waals surface area contributed by atoms with Crippen LogP contribution in [0.15, 0.2) is 66.7 Å². The molecule has 1 N–H and O–H groups in total. The van der Waals surface area contributed by atoms with Crippen LogP contribution < -0.4 is 10.2 Å². The summed E-state index contributed by atoms with van der Waals surface area (Å²) >= 11 is 0. The molecule has 2 aliphatic rings. The zero-order valence-corrected chi connectivity index (χ0v) is 20.7. The highest BCUT2D eigenvalue weighted by atomic mass is 19.4. The standard InChI is InChI=1S/C28H21F3N4O4/c1-27(2)25(37)35(18-12-11-16(14-32)21(13-18)28(29,30)31)26(38)34(27)15-17-7-3-6-10-22(17)33-23-19-8-4-5-9-20(19)24(36)39-23/h3-13,23,33H,15H2,1-2H3. The number of anilines is 2. The molecule has 0 spiro atoms. The predicted octanol–water partition coefficient (Wildman–Crippen LogP) is 5.61. The highest BCUT2D eigenvalue weighted by Crippen LogP contribution is 2.39. The van der Waals surface area contributed by atoms with Crippen LogP contribution in [0.1, 0.15) is 52.7 Å². The number of para-hydroxylation sites is 1. The van der Waals surface area contributed by atoms with Crippen LogP contribution in [0, 0.1) is 11.3 Å². The van der Waals surface area contributed by atoms with Gasteiger partial charge in [0.1, 0.15) is 5.54 Å². The summed E-state index contributed by atoms with van der Waals surface area (Å²) in [6, 6.07) is 17.3. The number of fused-ring (bicyclic) bond motifs is 1. The molecular weight excluding hydrogens is 513 g/mol. The number of urea groups is 1. The molecule has 198 valence electrons. The molecule has 1 saturated heterocycles. The van der Waals surface area contributed by atoms with Crippen LogP contribution in [0.4, 0.5) is 29.3 Å². The second-order valence-corrected chi connectivity index (χ2v) is 9.58. The number of rotatable bonds is 5. The summed E-state index contributed by atoms with van der Waals surface area (Å²) < 4.78 is 46.1. The van der Waals surface area contributed by atoms with Crippen LogP contribution >= 0.6 is 0 Å². The summed E-state index contributed by atoms with van der Waals surface area (Å²) in [5.74, 6) is -1.19. The fourth-order valence-corrected chi connectivity index (χ4v) is 4.70. The highest BCUT2D eigenvalue weighted by Gasteiger charge is 2.52. The van der Waals surface area contributed by atoms with Gasteiger partial charge < -0.3 is 15.0 Å². The average Bonchev–Trinajstić information content (AvgIpc) is 3.30. The SMILES string of the molecule is CC1(C)C(=O)N(c2ccc(C#N)c(C(F)(F)F)c2)C(=O)N1Cc1ccccc1NC1OC(=O)c2ccccc21. The zero-order chi connectivity index (χ0) is 28.1. The molecule has 0 saturated carbocycles. The van der Waals surface area contributed by atoms with Gasteiger partial charge in [0.05, 0.1) is 35.0 Å². The van der Waals surface area contributed by atoms with Crippen molar-refractivity contribution < 1.29 is 32.3 Å². The van der Waals surface area contributed by atoms with E-state index in [4.69, 9.17) is 10.00 Å². The van der Waals surface area contributed by atoms with Gasteiger partial charge >= 0.3 is 18.2 Å². The topological polar surface area (TPSA) is 103 Å². The maximum Gasteiger partial charge on any atom is 0.417 e. The molecule has 2 heterocycles. The number of amides is 3. The number of hydrogen-bond donors (Lipinski definition) is 1. The minimum atomic E-state index is -4.85. The summed E-state index contributed by atoms with van der Waals surface area (Å²) in [5.41, 5.74) is -1.32. The number of esters is 1. The first-order valence-electron chi connectivity index (χ1n) is 11.9. The van der Waals surface area contributed by atoms with E-state index in [0.29, 0.717) is 33.3 Å². The smallest absolute Gasteiger partial charge is 0.417 e. The Kier molecular flexibility index (Phi) is 6.06. The fraction of sp³-hybridized carbons (Fsp3) is 0.214. The van der Waals surface area contributed by atoms with Gasteiger partial charge in [-0.05, 0) is 49.7 Å². The van der Waals surface area contributed by atoms with Gasteiger partial charge in [0.2, 0.25) is 6.23 Å². The lowest BCUT2D eigenvalue weighted by Crippen LogP contribution is -2.43. The van der Waals surface area contributed by atoms with Gasteiger partial charge in [-0.1, -0.05) is 36.4 Å². The number of halogens is 3. The average molecular weight is 534 g/mol. The summed E-state index contributed by atoms with van der Waals surface area (Å²) in [7, 11) is 0. The summed E-state index contributed by atoms with van der Waals surface area (Å²) in [6.45, 7) is 2.95. The molecule has 3 amide bonds. The van der Waals surface area contributed by atoms with Gasteiger partial charge in [-0.15, -0.1) is 0 Å². The third kappa shape index (κ3) is 4.33. The van der Waals surface area contributed by atoms with E-state index in [2.05, 4.69) is 5.32 Å². The lowest BCUT2D eigenvalue weighted by Gasteiger charge is -2.29. The molecule has 11 heteroatoms. The monoisotopic (exact) mass is 534 g/mol. The van der Waals surface area contributed by atoms with Gasteiger partial charge in [-0.2, -0.15) is 18.4 Å². The van der Waals surface area contributed by atoms with E-state index >= 15 is 0 Å². The molecule has 3 aromatic carbocycles. The lowest BCUT2D eigenvalue weighted by molar-refractivity contribution is -0.137. The molecule has 1 atom stereocenters. The Balaban J connectivity index is 1.45. The Morgan fingerprint density at radius 2 is 1.72 bits per heavy atom. The van der Waals surface area contributed by atoms with Gasteiger partial charge in [0.15, 0.2) is 0 Å². The lowest BCUT2D eigenvalue weighted by atomic mass is 10.0. The van der Waals surface area contributed by atoms with Crippen molar-refractivity contribution in [2.75, 3.05) is 10.2 Å². The molecule has 1 fully saturated rings. The quantitative estimate of drug-likeness (QED) is 0.338. The first kappa shape index (κ1) is 25.8. The molecule has 5 rings (SSSR count). The molecule has 0 radical (unpaired) electrons. The van der Waals surface area contributed by atoms with Crippen molar-refractivity contribution in [1.82, 2.24) is 4.90 Å². The number of nitrogens with zero attached hydrogens (tertiary/aromatic N) is 3. The maximum atomic E-state index is 13.6. The highest BCUT2D eigenvalue weighted by molar-refractivity contribution is 6.23. The molecule has 39 heavy (non-hydrogen) atoms. The van der Waals surface area contributed by atoms with Crippen molar-refractivity contribution in [3.8, 4) is 6.07 Å².